The van der Waals surface area contributed by atoms with E-state index in [1.54, 1.807) is 7.11 Å². The highest BCUT2D eigenvalue weighted by Gasteiger charge is 2.15. The second-order valence-corrected chi connectivity index (χ2v) is 10.3. The highest BCUT2D eigenvalue weighted by atomic mass is 16.5. The summed E-state index contributed by atoms with van der Waals surface area (Å²) in [5.41, 5.74) is 0.954. The summed E-state index contributed by atoms with van der Waals surface area (Å²) in [6.07, 6.45) is 33.0. The Morgan fingerprint density at radius 2 is 1.21 bits per heavy atom. The number of hydrogen-bond acceptors (Lipinski definition) is 3. The van der Waals surface area contributed by atoms with Gasteiger partial charge in [-0.2, -0.15) is 0 Å². The molecule has 2 N–H and O–H groups in total. The molecule has 0 aliphatic rings. The molecule has 0 spiro atoms. The van der Waals surface area contributed by atoms with E-state index in [0.29, 0.717) is 25.9 Å². The zero-order valence-corrected chi connectivity index (χ0v) is 26.3. The molecular formula is C38H50N2O3. The fourth-order valence-electron chi connectivity index (χ4n) is 4.27. The van der Waals surface area contributed by atoms with Crippen LogP contribution in [0, 0.1) is 0 Å². The first-order valence-corrected chi connectivity index (χ1v) is 15.6. The normalized spacial score (nSPS) is 13.0. The van der Waals surface area contributed by atoms with Crippen LogP contribution in [0.5, 0.6) is 5.75 Å². The Morgan fingerprint density at radius 1 is 0.698 bits per heavy atom. The maximum atomic E-state index is 12.6. The lowest BCUT2D eigenvalue weighted by molar-refractivity contribution is -0.123. The van der Waals surface area contributed by atoms with Crippen LogP contribution in [0.3, 0.4) is 0 Å². The van der Waals surface area contributed by atoms with Gasteiger partial charge in [0.25, 0.3) is 0 Å². The third-order valence-corrected chi connectivity index (χ3v) is 6.85. The minimum atomic E-state index is -0.282. The average molecular weight is 583 g/mol. The van der Waals surface area contributed by atoms with Crippen molar-refractivity contribution >= 4 is 22.6 Å². The Balaban J connectivity index is 1.49. The second kappa shape index (κ2) is 22.5. The first-order valence-electron chi connectivity index (χ1n) is 15.6. The minimum Gasteiger partial charge on any atom is -0.497 e. The quantitative estimate of drug-likeness (QED) is 0.121. The first-order chi connectivity index (χ1) is 21.0. The Hall–Kier alpha value is -4.12. The van der Waals surface area contributed by atoms with Gasteiger partial charge in [0.15, 0.2) is 0 Å². The van der Waals surface area contributed by atoms with E-state index in [-0.39, 0.29) is 17.7 Å². The van der Waals surface area contributed by atoms with Gasteiger partial charge in [0.05, 0.1) is 13.0 Å². The molecule has 230 valence electrons. The van der Waals surface area contributed by atoms with Crippen LogP contribution in [-0.4, -0.2) is 32.0 Å². The largest absolute Gasteiger partial charge is 0.497 e. The van der Waals surface area contributed by atoms with Gasteiger partial charge in [-0.25, -0.2) is 0 Å². The average Bonchev–Trinajstić information content (AvgIpc) is 3.03. The summed E-state index contributed by atoms with van der Waals surface area (Å²) < 4.78 is 5.28. The topological polar surface area (TPSA) is 67.4 Å². The number of hydrogen-bond donors (Lipinski definition) is 2. The molecule has 0 heterocycles. The molecule has 0 bridgehead atoms. The highest BCUT2D eigenvalue weighted by Crippen LogP contribution is 2.25. The van der Waals surface area contributed by atoms with Gasteiger partial charge in [0.2, 0.25) is 11.8 Å². The van der Waals surface area contributed by atoms with Crippen molar-refractivity contribution in [3.8, 4) is 5.75 Å². The van der Waals surface area contributed by atoms with Crippen LogP contribution in [0.1, 0.15) is 76.7 Å². The Morgan fingerprint density at radius 3 is 1.79 bits per heavy atom. The number of carbonyl (C=O) groups excluding carboxylic acids is 2. The lowest BCUT2D eigenvalue weighted by Gasteiger charge is -2.14. The van der Waals surface area contributed by atoms with E-state index in [0.717, 1.165) is 60.6 Å². The smallest absolute Gasteiger partial charge is 0.227 e. The molecular weight excluding hydrogens is 532 g/mol. The zero-order chi connectivity index (χ0) is 31.0. The summed E-state index contributed by atoms with van der Waals surface area (Å²) in [6, 6.07) is 11.9. The summed E-state index contributed by atoms with van der Waals surface area (Å²) in [5, 5.41) is 7.94. The molecule has 0 aliphatic carbocycles. The van der Waals surface area contributed by atoms with Gasteiger partial charge in [-0.1, -0.05) is 104 Å². The van der Waals surface area contributed by atoms with Crippen LogP contribution in [0.2, 0.25) is 0 Å². The number of fused-ring (bicyclic) bond motifs is 1. The molecule has 5 heteroatoms. The number of carbonyl (C=O) groups is 2. The molecule has 2 aromatic carbocycles. The first kappa shape index (κ1) is 35.1. The maximum Gasteiger partial charge on any atom is 0.227 e. The molecule has 0 radical (unpaired) electrons. The standard InChI is InChI=1S/C38H50N2O3/c1-4-5-6-7-8-9-10-11-12-13-14-15-16-17-18-19-20-21-22-23-37(41)39-28-29-40-38(42)32(2)33-24-25-35-31-36(43-3)27-26-34(35)30-33/h5-6,8-9,11-12,14-15,17-18,20-21,24-27,30-32H,4,7,10,13,16,19,22-23,28-29H2,1-3H3,(H,39,41)(H,40,42)/t32-/m0/s1. The van der Waals surface area contributed by atoms with Gasteiger partial charge < -0.3 is 15.4 Å². The molecule has 0 aliphatic heterocycles. The van der Waals surface area contributed by atoms with Gasteiger partial charge in [-0.15, -0.1) is 0 Å². The fraction of sp³-hybridized carbons (Fsp3) is 0.368. The van der Waals surface area contributed by atoms with Crippen LogP contribution in [-0.2, 0) is 9.59 Å². The van der Waals surface area contributed by atoms with E-state index in [2.05, 4.69) is 84.4 Å². The zero-order valence-electron chi connectivity index (χ0n) is 26.3. The number of methoxy groups -OCH3 is 1. The minimum absolute atomic E-state index is 0.00761. The number of amides is 2. The highest BCUT2D eigenvalue weighted by molar-refractivity contribution is 5.88. The molecule has 0 fully saturated rings. The van der Waals surface area contributed by atoms with E-state index < -0.39 is 0 Å². The molecule has 2 rings (SSSR count). The van der Waals surface area contributed by atoms with Crippen LogP contribution < -0.4 is 15.4 Å². The molecule has 0 aromatic heterocycles. The molecule has 2 amide bonds. The third-order valence-electron chi connectivity index (χ3n) is 6.85. The summed E-state index contributed by atoms with van der Waals surface area (Å²) in [6.45, 7) is 4.86. The van der Waals surface area contributed by atoms with Crippen molar-refractivity contribution in [1.29, 1.82) is 0 Å². The van der Waals surface area contributed by atoms with Gasteiger partial charge in [-0.05, 0) is 80.3 Å². The SMILES string of the molecule is CCC=CCC=CCC=CCC=CCC=CCC=CCCC(=O)NCCNC(=O)[C@@H](C)c1ccc2cc(OC)ccc2c1. The van der Waals surface area contributed by atoms with E-state index in [4.69, 9.17) is 4.74 Å². The Labute approximate surface area is 259 Å². The molecule has 0 saturated heterocycles. The number of ether oxygens (including phenoxy) is 1. The van der Waals surface area contributed by atoms with Crippen LogP contribution in [0.25, 0.3) is 10.8 Å². The fourth-order valence-corrected chi connectivity index (χ4v) is 4.27. The summed E-state index contributed by atoms with van der Waals surface area (Å²) in [4.78, 5) is 24.7. The van der Waals surface area contributed by atoms with Crippen molar-refractivity contribution in [1.82, 2.24) is 10.6 Å². The summed E-state index contributed by atoms with van der Waals surface area (Å²) in [7, 11) is 1.65. The number of rotatable bonds is 20. The lowest BCUT2D eigenvalue weighted by Crippen LogP contribution is -2.36. The van der Waals surface area contributed by atoms with Crippen molar-refractivity contribution in [2.24, 2.45) is 0 Å². The van der Waals surface area contributed by atoms with Crippen molar-refractivity contribution in [3.05, 3.63) is 115 Å². The lowest BCUT2D eigenvalue weighted by atomic mass is 9.97. The van der Waals surface area contributed by atoms with Crippen molar-refractivity contribution in [2.75, 3.05) is 20.2 Å². The third kappa shape index (κ3) is 15.6. The molecule has 1 atom stereocenters. The van der Waals surface area contributed by atoms with Crippen LogP contribution in [0.15, 0.2) is 109 Å². The van der Waals surface area contributed by atoms with E-state index in [9.17, 15) is 9.59 Å². The Bertz CT molecular complexity index is 1280. The number of benzene rings is 2. The molecule has 2 aromatic rings. The second-order valence-electron chi connectivity index (χ2n) is 10.3. The van der Waals surface area contributed by atoms with Gasteiger partial charge in [0.1, 0.15) is 5.75 Å². The molecule has 43 heavy (non-hydrogen) atoms. The van der Waals surface area contributed by atoms with Crippen molar-refractivity contribution in [2.45, 2.75) is 71.1 Å². The van der Waals surface area contributed by atoms with Gasteiger partial charge >= 0.3 is 0 Å². The van der Waals surface area contributed by atoms with Crippen LogP contribution >= 0.6 is 0 Å². The predicted octanol–water partition coefficient (Wildman–Crippen LogP) is 8.66. The van der Waals surface area contributed by atoms with Gasteiger partial charge in [-0.3, -0.25) is 9.59 Å². The Kier molecular flexibility index (Phi) is 18.3. The van der Waals surface area contributed by atoms with Crippen molar-refractivity contribution < 1.29 is 14.3 Å². The van der Waals surface area contributed by atoms with E-state index in [1.165, 1.54) is 0 Å². The molecule has 0 unspecified atom stereocenters. The number of nitrogens with one attached hydrogen (secondary N) is 2. The maximum absolute atomic E-state index is 12.6. The van der Waals surface area contributed by atoms with Gasteiger partial charge in [0, 0.05) is 19.5 Å². The summed E-state index contributed by atoms with van der Waals surface area (Å²) in [5.74, 6) is 0.465. The monoisotopic (exact) mass is 582 g/mol. The van der Waals surface area contributed by atoms with E-state index >= 15 is 0 Å². The molecule has 0 saturated carbocycles. The molecule has 5 nitrogen and oxygen atoms in total. The predicted molar refractivity (Wildman–Crippen MR) is 182 cm³/mol. The summed E-state index contributed by atoms with van der Waals surface area (Å²) >= 11 is 0. The number of allylic oxidation sites excluding steroid dienone is 12. The van der Waals surface area contributed by atoms with Crippen LogP contribution in [0.4, 0.5) is 0 Å². The van der Waals surface area contributed by atoms with Crippen molar-refractivity contribution in [3.63, 3.8) is 0 Å². The van der Waals surface area contributed by atoms with E-state index in [1.807, 2.05) is 49.4 Å².